The second kappa shape index (κ2) is 8.05. The average Bonchev–Trinajstić information content (AvgIpc) is 3.08. The van der Waals surface area contributed by atoms with E-state index in [4.69, 9.17) is 4.98 Å². The van der Waals surface area contributed by atoms with Crippen LogP contribution in [0.3, 0.4) is 0 Å². The van der Waals surface area contributed by atoms with Crippen LogP contribution in [0.4, 0.5) is 0 Å². The molecule has 2 N–H and O–H groups in total. The second-order valence-corrected chi connectivity index (χ2v) is 9.22. The second-order valence-electron chi connectivity index (χ2n) is 8.16. The molecule has 140 valence electrons. The summed E-state index contributed by atoms with van der Waals surface area (Å²) in [6.07, 6.45) is 7.27. The molecule has 2 fully saturated rings. The first-order valence-electron chi connectivity index (χ1n) is 10.2. The van der Waals surface area contributed by atoms with Gasteiger partial charge in [-0.2, -0.15) is 0 Å². The Balaban J connectivity index is 1.27. The first kappa shape index (κ1) is 17.9. The fraction of sp³-hybridized carbons (Fsp3) is 0.619. The van der Waals surface area contributed by atoms with E-state index in [0.29, 0.717) is 24.4 Å². The number of quaternary nitrogens is 1. The van der Waals surface area contributed by atoms with Crippen molar-refractivity contribution >= 4 is 27.5 Å². The number of thiazole rings is 1. The normalized spacial score (nSPS) is 29.6. The summed E-state index contributed by atoms with van der Waals surface area (Å²) in [5.74, 6) is 1.45. The molecule has 2 aromatic rings. The van der Waals surface area contributed by atoms with Gasteiger partial charge in [0.15, 0.2) is 6.54 Å². The van der Waals surface area contributed by atoms with Crippen molar-refractivity contribution in [3.05, 3.63) is 29.3 Å². The van der Waals surface area contributed by atoms with Crippen LogP contribution in [0.2, 0.25) is 0 Å². The lowest BCUT2D eigenvalue weighted by Gasteiger charge is -2.31. The quantitative estimate of drug-likeness (QED) is 0.867. The summed E-state index contributed by atoms with van der Waals surface area (Å²) in [4.78, 5) is 18.7. The van der Waals surface area contributed by atoms with Gasteiger partial charge < -0.3 is 10.2 Å². The number of aromatic nitrogens is 1. The van der Waals surface area contributed by atoms with Crippen molar-refractivity contribution in [3.63, 3.8) is 0 Å². The van der Waals surface area contributed by atoms with Gasteiger partial charge in [-0.25, -0.2) is 4.98 Å². The first-order chi connectivity index (χ1) is 12.7. The molecule has 0 radical (unpaired) electrons. The van der Waals surface area contributed by atoms with Crippen LogP contribution in [0, 0.1) is 5.92 Å². The van der Waals surface area contributed by atoms with Gasteiger partial charge in [0.1, 0.15) is 0 Å². The van der Waals surface area contributed by atoms with Gasteiger partial charge in [0.05, 0.1) is 28.3 Å². The van der Waals surface area contributed by atoms with Crippen LogP contribution in [-0.2, 0) is 4.79 Å². The molecular formula is C21H30N3OS+. The van der Waals surface area contributed by atoms with Gasteiger partial charge in [-0.3, -0.25) is 4.79 Å². The lowest BCUT2D eigenvalue weighted by Crippen LogP contribution is -3.14. The Bertz CT molecular complexity index is 718. The molecule has 0 unspecified atom stereocenters. The Morgan fingerprint density at radius 2 is 1.96 bits per heavy atom. The zero-order chi connectivity index (χ0) is 17.9. The van der Waals surface area contributed by atoms with E-state index in [9.17, 15) is 4.79 Å². The number of piperidine rings is 1. The molecule has 1 saturated heterocycles. The summed E-state index contributed by atoms with van der Waals surface area (Å²) in [6.45, 7) is 5.07. The Morgan fingerprint density at radius 3 is 2.73 bits per heavy atom. The topological polar surface area (TPSA) is 46.4 Å². The van der Waals surface area contributed by atoms with Crippen LogP contribution in [0.1, 0.15) is 56.4 Å². The molecule has 5 heteroatoms. The van der Waals surface area contributed by atoms with Gasteiger partial charge in [0.2, 0.25) is 0 Å². The summed E-state index contributed by atoms with van der Waals surface area (Å²) in [5.41, 5.74) is 1.13. The fourth-order valence-corrected chi connectivity index (χ4v) is 5.67. The highest BCUT2D eigenvalue weighted by atomic mass is 32.1. The maximum atomic E-state index is 12.5. The summed E-state index contributed by atoms with van der Waals surface area (Å²) in [5, 5.41) is 4.59. The largest absolute Gasteiger partial charge is 0.348 e. The van der Waals surface area contributed by atoms with E-state index in [1.54, 1.807) is 0 Å². The highest BCUT2D eigenvalue weighted by Gasteiger charge is 2.28. The van der Waals surface area contributed by atoms with Crippen molar-refractivity contribution in [2.75, 3.05) is 19.6 Å². The Hall–Kier alpha value is -1.46. The van der Waals surface area contributed by atoms with Crippen molar-refractivity contribution < 1.29 is 9.69 Å². The summed E-state index contributed by atoms with van der Waals surface area (Å²) >= 11 is 1.84. The number of rotatable bonds is 4. The van der Waals surface area contributed by atoms with Crippen molar-refractivity contribution in [2.45, 2.75) is 57.4 Å². The molecule has 1 aliphatic carbocycles. The van der Waals surface area contributed by atoms with E-state index in [-0.39, 0.29) is 5.91 Å². The number of fused-ring (bicyclic) bond motifs is 1. The molecule has 4 rings (SSSR count). The van der Waals surface area contributed by atoms with Gasteiger partial charge in [-0.1, -0.05) is 31.9 Å². The van der Waals surface area contributed by atoms with Crippen molar-refractivity contribution in [1.82, 2.24) is 10.3 Å². The van der Waals surface area contributed by atoms with Crippen LogP contribution in [0.15, 0.2) is 24.3 Å². The Morgan fingerprint density at radius 1 is 1.19 bits per heavy atom. The number of hydrogen-bond acceptors (Lipinski definition) is 3. The predicted molar refractivity (Wildman–Crippen MR) is 107 cm³/mol. The average molecular weight is 373 g/mol. The molecular weight excluding hydrogens is 342 g/mol. The molecule has 1 aromatic heterocycles. The number of nitrogens with zero attached hydrogens (tertiary/aromatic N) is 1. The minimum absolute atomic E-state index is 0.247. The number of nitrogens with one attached hydrogen (secondary N) is 2. The van der Waals surface area contributed by atoms with Gasteiger partial charge in [-0.05, 0) is 30.9 Å². The highest BCUT2D eigenvalue weighted by Crippen LogP contribution is 2.31. The van der Waals surface area contributed by atoms with Crippen LogP contribution in [-0.4, -0.2) is 36.6 Å². The third kappa shape index (κ3) is 4.09. The smallest absolute Gasteiger partial charge is 0.275 e. The van der Waals surface area contributed by atoms with E-state index >= 15 is 0 Å². The third-order valence-electron chi connectivity index (χ3n) is 6.22. The summed E-state index contributed by atoms with van der Waals surface area (Å²) in [7, 11) is 0. The molecule has 1 aromatic carbocycles. The maximum Gasteiger partial charge on any atom is 0.275 e. The standard InChI is InChI=1S/C21H29N3OS/c1-15-6-2-3-7-17(15)22-20(25)14-24-12-10-16(11-13-24)21-23-18-8-4-5-9-19(18)26-21/h4-5,8-9,15-17H,2-3,6-7,10-14H2,1H3,(H,22,25)/p+1/t15-,17-/m0/s1. The number of hydrogen-bond donors (Lipinski definition) is 2. The van der Waals surface area contributed by atoms with Gasteiger partial charge >= 0.3 is 0 Å². The SMILES string of the molecule is C[C@H]1CCCC[C@@H]1NC(=O)C[NH+]1CCC(c2nc3ccccc3s2)CC1. The molecule has 0 bridgehead atoms. The molecule has 26 heavy (non-hydrogen) atoms. The van der Waals surface area contributed by atoms with Crippen molar-refractivity contribution in [3.8, 4) is 0 Å². The third-order valence-corrected chi connectivity index (χ3v) is 7.42. The summed E-state index contributed by atoms with van der Waals surface area (Å²) in [6, 6.07) is 8.81. The number of para-hydroxylation sites is 1. The minimum atomic E-state index is 0.247. The van der Waals surface area contributed by atoms with E-state index < -0.39 is 0 Å². The number of benzene rings is 1. The fourth-order valence-electron chi connectivity index (χ4n) is 4.53. The van der Waals surface area contributed by atoms with Gasteiger partial charge in [0.25, 0.3) is 5.91 Å². The number of amides is 1. The van der Waals surface area contributed by atoms with Crippen LogP contribution in [0.25, 0.3) is 10.2 Å². The minimum Gasteiger partial charge on any atom is -0.348 e. The maximum absolute atomic E-state index is 12.5. The van der Waals surface area contributed by atoms with Crippen molar-refractivity contribution in [2.24, 2.45) is 5.92 Å². The van der Waals surface area contributed by atoms with E-state index in [0.717, 1.165) is 37.9 Å². The van der Waals surface area contributed by atoms with E-state index in [1.807, 2.05) is 11.3 Å². The molecule has 4 nitrogen and oxygen atoms in total. The first-order valence-corrected chi connectivity index (χ1v) is 11.0. The molecule has 1 saturated carbocycles. The van der Waals surface area contributed by atoms with Crippen LogP contribution < -0.4 is 10.2 Å². The van der Waals surface area contributed by atoms with Crippen LogP contribution >= 0.6 is 11.3 Å². The van der Waals surface area contributed by atoms with Gasteiger partial charge in [-0.15, -0.1) is 11.3 Å². The number of carbonyl (C=O) groups is 1. The summed E-state index contributed by atoms with van der Waals surface area (Å²) < 4.78 is 1.29. The molecule has 2 heterocycles. The zero-order valence-corrected chi connectivity index (χ0v) is 16.5. The zero-order valence-electron chi connectivity index (χ0n) is 15.7. The molecule has 2 aliphatic rings. The molecule has 1 amide bonds. The number of likely N-dealkylation sites (tertiary alicyclic amines) is 1. The highest BCUT2D eigenvalue weighted by molar-refractivity contribution is 7.18. The Labute approximate surface area is 160 Å². The Kier molecular flexibility index (Phi) is 5.55. The van der Waals surface area contributed by atoms with Gasteiger partial charge in [0, 0.05) is 24.8 Å². The van der Waals surface area contributed by atoms with E-state index in [2.05, 4.69) is 36.5 Å². The lowest BCUT2D eigenvalue weighted by molar-refractivity contribution is -0.897. The molecule has 2 atom stereocenters. The number of carbonyl (C=O) groups excluding carboxylic acids is 1. The van der Waals surface area contributed by atoms with E-state index in [1.165, 1.54) is 33.9 Å². The van der Waals surface area contributed by atoms with Crippen LogP contribution in [0.5, 0.6) is 0 Å². The van der Waals surface area contributed by atoms with Crippen molar-refractivity contribution in [1.29, 1.82) is 0 Å². The molecule has 0 spiro atoms. The predicted octanol–water partition coefficient (Wildman–Crippen LogP) is 2.75. The lowest BCUT2D eigenvalue weighted by atomic mass is 9.86. The molecule has 1 aliphatic heterocycles. The monoisotopic (exact) mass is 372 g/mol.